The van der Waals surface area contributed by atoms with Gasteiger partial charge >= 0.3 is 0 Å². The third-order valence-electron chi connectivity index (χ3n) is 2.20. The van der Waals surface area contributed by atoms with Crippen LogP contribution in [0.15, 0.2) is 24.3 Å². The van der Waals surface area contributed by atoms with Crippen LogP contribution in [0.25, 0.3) is 0 Å². The molecule has 12 heavy (non-hydrogen) atoms. The van der Waals surface area contributed by atoms with Gasteiger partial charge in [-0.05, 0) is 34.0 Å². The van der Waals surface area contributed by atoms with Crippen molar-refractivity contribution in [2.24, 2.45) is 5.92 Å². The molecule has 0 spiro atoms. The van der Waals surface area contributed by atoms with Crippen molar-refractivity contribution in [2.75, 3.05) is 0 Å². The Morgan fingerprint density at radius 1 is 1.42 bits per heavy atom. The molecule has 0 N–H and O–H groups in total. The summed E-state index contributed by atoms with van der Waals surface area (Å²) in [5.74, 6) is 1.58. The zero-order chi connectivity index (χ0) is 8.55. The molecule has 2 unspecified atom stereocenters. The summed E-state index contributed by atoms with van der Waals surface area (Å²) in [5.41, 5.74) is 1.32. The SMILES string of the molecule is CC1Cc2ccccc2OC1Br. The second-order valence-corrected chi connectivity index (χ2v) is 4.16. The van der Waals surface area contributed by atoms with Crippen LogP contribution in [0.2, 0.25) is 0 Å². The van der Waals surface area contributed by atoms with E-state index in [0.29, 0.717) is 5.92 Å². The van der Waals surface area contributed by atoms with Crippen molar-refractivity contribution in [1.29, 1.82) is 0 Å². The summed E-state index contributed by atoms with van der Waals surface area (Å²) >= 11 is 3.50. The van der Waals surface area contributed by atoms with Crippen LogP contribution >= 0.6 is 15.9 Å². The van der Waals surface area contributed by atoms with E-state index >= 15 is 0 Å². The number of halogens is 1. The molecule has 1 nitrogen and oxygen atoms in total. The predicted octanol–water partition coefficient (Wildman–Crippen LogP) is 2.98. The molecule has 0 fully saturated rings. The van der Waals surface area contributed by atoms with Crippen LogP contribution in [0.4, 0.5) is 0 Å². The Balaban J connectivity index is 2.34. The molecular weight excluding hydrogens is 216 g/mol. The maximum Gasteiger partial charge on any atom is 0.156 e. The molecule has 0 amide bonds. The van der Waals surface area contributed by atoms with Crippen LogP contribution in [-0.4, -0.2) is 5.01 Å². The van der Waals surface area contributed by atoms with E-state index in [1.807, 2.05) is 12.1 Å². The van der Waals surface area contributed by atoms with Gasteiger partial charge in [-0.1, -0.05) is 25.1 Å². The minimum absolute atomic E-state index is 0.174. The topological polar surface area (TPSA) is 9.23 Å². The highest BCUT2D eigenvalue weighted by atomic mass is 79.9. The molecule has 2 rings (SSSR count). The quantitative estimate of drug-likeness (QED) is 0.619. The molecule has 0 saturated carbocycles. The number of hydrogen-bond acceptors (Lipinski definition) is 1. The Morgan fingerprint density at radius 3 is 3.00 bits per heavy atom. The van der Waals surface area contributed by atoms with Crippen molar-refractivity contribution in [3.05, 3.63) is 29.8 Å². The summed E-state index contributed by atoms with van der Waals surface area (Å²) in [6.07, 6.45) is 1.10. The van der Waals surface area contributed by atoms with Gasteiger partial charge in [0.1, 0.15) is 5.75 Å². The number of fused-ring (bicyclic) bond motifs is 1. The van der Waals surface area contributed by atoms with Crippen molar-refractivity contribution >= 4 is 15.9 Å². The Labute approximate surface area is 80.9 Å². The molecule has 0 aromatic heterocycles. The molecule has 1 aliphatic heterocycles. The molecule has 1 heterocycles. The Bertz CT molecular complexity index is 256. The fourth-order valence-corrected chi connectivity index (χ4v) is 1.85. The van der Waals surface area contributed by atoms with Crippen LogP contribution in [0.5, 0.6) is 5.75 Å². The summed E-state index contributed by atoms with van der Waals surface area (Å²) in [6, 6.07) is 8.22. The lowest BCUT2D eigenvalue weighted by atomic mass is 9.99. The van der Waals surface area contributed by atoms with Gasteiger partial charge in [0.05, 0.1) is 0 Å². The number of hydrogen-bond donors (Lipinski definition) is 0. The highest BCUT2D eigenvalue weighted by molar-refractivity contribution is 9.09. The fraction of sp³-hybridized carbons (Fsp3) is 0.400. The maximum absolute atomic E-state index is 5.66. The second-order valence-electron chi connectivity index (χ2n) is 3.26. The van der Waals surface area contributed by atoms with Gasteiger partial charge in [-0.25, -0.2) is 0 Å². The minimum Gasteiger partial charge on any atom is -0.479 e. The molecule has 2 atom stereocenters. The fourth-order valence-electron chi connectivity index (χ4n) is 1.46. The molecule has 0 saturated heterocycles. The van der Waals surface area contributed by atoms with Gasteiger partial charge in [0.2, 0.25) is 0 Å². The third kappa shape index (κ3) is 1.36. The molecule has 0 radical (unpaired) electrons. The van der Waals surface area contributed by atoms with E-state index in [-0.39, 0.29) is 5.01 Å². The summed E-state index contributed by atoms with van der Waals surface area (Å²) in [7, 11) is 0. The van der Waals surface area contributed by atoms with Crippen LogP contribution in [0.3, 0.4) is 0 Å². The first kappa shape index (κ1) is 8.11. The number of benzene rings is 1. The van der Waals surface area contributed by atoms with E-state index in [9.17, 15) is 0 Å². The number of ether oxygens (including phenoxy) is 1. The van der Waals surface area contributed by atoms with E-state index in [4.69, 9.17) is 4.74 Å². The number of para-hydroxylation sites is 1. The van der Waals surface area contributed by atoms with Gasteiger partial charge in [-0.2, -0.15) is 0 Å². The Kier molecular flexibility index (Phi) is 2.09. The van der Waals surface area contributed by atoms with Crippen molar-refractivity contribution < 1.29 is 4.74 Å². The zero-order valence-corrected chi connectivity index (χ0v) is 8.54. The zero-order valence-electron chi connectivity index (χ0n) is 6.96. The minimum atomic E-state index is 0.174. The highest BCUT2D eigenvalue weighted by Crippen LogP contribution is 2.32. The average Bonchev–Trinajstić information content (AvgIpc) is 2.07. The molecule has 0 aliphatic carbocycles. The van der Waals surface area contributed by atoms with Crippen LogP contribution in [0, 0.1) is 5.92 Å². The van der Waals surface area contributed by atoms with E-state index in [1.165, 1.54) is 5.56 Å². The van der Waals surface area contributed by atoms with Gasteiger partial charge < -0.3 is 4.74 Å². The highest BCUT2D eigenvalue weighted by Gasteiger charge is 2.23. The molecule has 0 bridgehead atoms. The lowest BCUT2D eigenvalue weighted by molar-refractivity contribution is 0.207. The molecule has 64 valence electrons. The van der Waals surface area contributed by atoms with Gasteiger partial charge in [0.25, 0.3) is 0 Å². The van der Waals surface area contributed by atoms with Crippen molar-refractivity contribution in [3.63, 3.8) is 0 Å². The predicted molar refractivity (Wildman–Crippen MR) is 52.7 cm³/mol. The molecule has 2 heteroatoms. The van der Waals surface area contributed by atoms with Gasteiger partial charge in [-0.3, -0.25) is 0 Å². The van der Waals surface area contributed by atoms with Crippen molar-refractivity contribution in [2.45, 2.75) is 18.4 Å². The first-order valence-electron chi connectivity index (χ1n) is 4.16. The van der Waals surface area contributed by atoms with E-state index in [0.717, 1.165) is 12.2 Å². The van der Waals surface area contributed by atoms with Gasteiger partial charge in [0.15, 0.2) is 5.01 Å². The molecule has 1 aliphatic rings. The summed E-state index contributed by atoms with van der Waals surface area (Å²) in [4.78, 5) is 0. The van der Waals surface area contributed by atoms with Crippen LogP contribution < -0.4 is 4.74 Å². The number of alkyl halides is 1. The Morgan fingerprint density at radius 2 is 2.17 bits per heavy atom. The first-order chi connectivity index (χ1) is 5.77. The number of rotatable bonds is 0. The Hall–Kier alpha value is -0.500. The smallest absolute Gasteiger partial charge is 0.156 e. The standard InChI is InChI=1S/C10H11BrO/c1-7-6-8-4-2-3-5-9(8)12-10(7)11/h2-5,7,10H,6H2,1H3. The van der Waals surface area contributed by atoms with Crippen LogP contribution in [-0.2, 0) is 6.42 Å². The van der Waals surface area contributed by atoms with Crippen molar-refractivity contribution in [1.82, 2.24) is 0 Å². The monoisotopic (exact) mass is 226 g/mol. The largest absolute Gasteiger partial charge is 0.479 e. The summed E-state index contributed by atoms with van der Waals surface area (Å²) in [5, 5.41) is 0.174. The van der Waals surface area contributed by atoms with E-state index in [2.05, 4.69) is 35.0 Å². The maximum atomic E-state index is 5.66. The third-order valence-corrected chi connectivity index (χ3v) is 3.29. The van der Waals surface area contributed by atoms with Crippen LogP contribution in [0.1, 0.15) is 12.5 Å². The lowest BCUT2D eigenvalue weighted by Gasteiger charge is -2.27. The van der Waals surface area contributed by atoms with Crippen molar-refractivity contribution in [3.8, 4) is 5.75 Å². The van der Waals surface area contributed by atoms with E-state index in [1.54, 1.807) is 0 Å². The van der Waals surface area contributed by atoms with Gasteiger partial charge in [-0.15, -0.1) is 0 Å². The summed E-state index contributed by atoms with van der Waals surface area (Å²) < 4.78 is 5.66. The second kappa shape index (κ2) is 3.09. The van der Waals surface area contributed by atoms with E-state index < -0.39 is 0 Å². The average molecular weight is 227 g/mol. The first-order valence-corrected chi connectivity index (χ1v) is 5.07. The lowest BCUT2D eigenvalue weighted by Crippen LogP contribution is -2.25. The molecular formula is C10H11BrO. The summed E-state index contributed by atoms with van der Waals surface area (Å²) in [6.45, 7) is 2.19. The van der Waals surface area contributed by atoms with Gasteiger partial charge in [0, 0.05) is 5.92 Å². The molecule has 1 aromatic carbocycles. The molecule has 1 aromatic rings. The normalized spacial score (nSPS) is 27.5.